The average Bonchev–Trinajstić information content (AvgIpc) is 2.75. The predicted octanol–water partition coefficient (Wildman–Crippen LogP) is 4.51. The van der Waals surface area contributed by atoms with Crippen molar-refractivity contribution >= 4 is 23.3 Å². The molecule has 0 aliphatic rings. The molecule has 0 spiro atoms. The summed E-state index contributed by atoms with van der Waals surface area (Å²) in [6.07, 6.45) is 0. The summed E-state index contributed by atoms with van der Waals surface area (Å²) < 4.78 is 4.97. The van der Waals surface area contributed by atoms with E-state index in [9.17, 15) is 9.59 Å². The van der Waals surface area contributed by atoms with Crippen LogP contribution in [0.2, 0.25) is 0 Å². The number of carbonyl (C=O) groups excluding carboxylic acids is 2. The van der Waals surface area contributed by atoms with Gasteiger partial charge in [-0.05, 0) is 48.9 Å². The molecule has 0 aromatic heterocycles. The fourth-order valence-corrected chi connectivity index (χ4v) is 2.96. The quantitative estimate of drug-likeness (QED) is 0.577. The molecule has 5 heteroatoms. The lowest BCUT2D eigenvalue weighted by atomic mass is 10.2. The second-order valence-electron chi connectivity index (χ2n) is 6.52. The van der Waals surface area contributed by atoms with Crippen molar-refractivity contribution in [1.82, 2.24) is 0 Å². The first kappa shape index (κ1) is 20.1. The zero-order valence-electron chi connectivity index (χ0n) is 16.4. The van der Waals surface area contributed by atoms with Crippen LogP contribution in [-0.2, 0) is 16.1 Å². The van der Waals surface area contributed by atoms with Crippen LogP contribution < -0.4 is 10.2 Å². The van der Waals surface area contributed by atoms with Crippen molar-refractivity contribution < 1.29 is 14.3 Å². The maximum absolute atomic E-state index is 12.7. The summed E-state index contributed by atoms with van der Waals surface area (Å²) in [7, 11) is 0. The third-order valence-electron chi connectivity index (χ3n) is 4.35. The van der Waals surface area contributed by atoms with Gasteiger partial charge in [0.2, 0.25) is 5.91 Å². The number of nitrogens with one attached hydrogen (secondary N) is 1. The van der Waals surface area contributed by atoms with Crippen LogP contribution in [0.5, 0.6) is 0 Å². The van der Waals surface area contributed by atoms with E-state index in [2.05, 4.69) is 5.32 Å². The van der Waals surface area contributed by atoms with Gasteiger partial charge in [-0.2, -0.15) is 0 Å². The van der Waals surface area contributed by atoms with Crippen molar-refractivity contribution in [2.75, 3.05) is 23.4 Å². The Morgan fingerprint density at radius 3 is 2.10 bits per heavy atom. The van der Waals surface area contributed by atoms with Gasteiger partial charge in [0.25, 0.3) is 0 Å². The summed E-state index contributed by atoms with van der Waals surface area (Å²) in [5.41, 5.74) is 3.20. The van der Waals surface area contributed by atoms with E-state index in [1.165, 1.54) is 0 Å². The number of hydrogen-bond acceptors (Lipinski definition) is 4. The van der Waals surface area contributed by atoms with Crippen molar-refractivity contribution in [3.63, 3.8) is 0 Å². The molecule has 3 rings (SSSR count). The van der Waals surface area contributed by atoms with Crippen LogP contribution in [0.1, 0.15) is 22.8 Å². The second kappa shape index (κ2) is 10.1. The molecule has 29 heavy (non-hydrogen) atoms. The molecule has 0 radical (unpaired) electrons. The Morgan fingerprint density at radius 1 is 0.862 bits per heavy atom. The number of esters is 1. The highest BCUT2D eigenvalue weighted by molar-refractivity contribution is 5.95. The normalized spacial score (nSPS) is 10.2. The van der Waals surface area contributed by atoms with Gasteiger partial charge >= 0.3 is 5.97 Å². The lowest BCUT2D eigenvalue weighted by molar-refractivity contribution is -0.115. The zero-order valence-corrected chi connectivity index (χ0v) is 16.4. The van der Waals surface area contributed by atoms with E-state index in [0.29, 0.717) is 24.4 Å². The first-order valence-electron chi connectivity index (χ1n) is 9.56. The molecule has 3 aromatic rings. The van der Waals surface area contributed by atoms with Crippen molar-refractivity contribution in [3.8, 4) is 0 Å². The van der Waals surface area contributed by atoms with Crippen LogP contribution in [0.15, 0.2) is 84.9 Å². The summed E-state index contributed by atoms with van der Waals surface area (Å²) in [5.74, 6) is -0.503. The number of carbonyl (C=O) groups is 2. The van der Waals surface area contributed by atoms with E-state index in [4.69, 9.17) is 4.74 Å². The summed E-state index contributed by atoms with van der Waals surface area (Å²) in [5, 5.41) is 2.89. The van der Waals surface area contributed by atoms with Gasteiger partial charge in [0, 0.05) is 17.9 Å². The molecule has 1 N–H and O–H groups in total. The Hall–Kier alpha value is -3.60. The third-order valence-corrected chi connectivity index (χ3v) is 4.35. The maximum atomic E-state index is 12.7. The Morgan fingerprint density at radius 2 is 1.48 bits per heavy atom. The SMILES string of the molecule is CCOC(=O)c1ccc(NC(=O)CN(Cc2ccccc2)c2ccccc2)cc1. The van der Waals surface area contributed by atoms with Crippen LogP contribution in [-0.4, -0.2) is 25.0 Å². The molecular weight excluding hydrogens is 364 g/mol. The molecule has 5 nitrogen and oxygen atoms in total. The van der Waals surface area contributed by atoms with E-state index in [0.717, 1.165) is 11.3 Å². The topological polar surface area (TPSA) is 58.6 Å². The lowest BCUT2D eigenvalue weighted by Gasteiger charge is -2.24. The smallest absolute Gasteiger partial charge is 0.338 e. The average molecular weight is 388 g/mol. The Bertz CT molecular complexity index is 925. The van der Waals surface area contributed by atoms with E-state index in [1.807, 2.05) is 65.6 Å². The second-order valence-corrected chi connectivity index (χ2v) is 6.52. The van der Waals surface area contributed by atoms with Crippen LogP contribution >= 0.6 is 0 Å². The number of benzene rings is 3. The number of nitrogens with zero attached hydrogens (tertiary/aromatic N) is 1. The molecule has 0 aliphatic heterocycles. The highest BCUT2D eigenvalue weighted by atomic mass is 16.5. The molecule has 1 amide bonds. The zero-order chi connectivity index (χ0) is 20.5. The van der Waals surface area contributed by atoms with Gasteiger partial charge in [-0.1, -0.05) is 48.5 Å². The number of ether oxygens (including phenoxy) is 1. The molecule has 0 atom stereocenters. The van der Waals surface area contributed by atoms with Crippen molar-refractivity contribution in [2.45, 2.75) is 13.5 Å². The summed E-state index contributed by atoms with van der Waals surface area (Å²) in [6.45, 7) is 2.92. The Balaban J connectivity index is 1.67. The minimum Gasteiger partial charge on any atom is -0.462 e. The molecule has 0 aliphatic carbocycles. The van der Waals surface area contributed by atoms with Gasteiger partial charge < -0.3 is 15.0 Å². The first-order valence-corrected chi connectivity index (χ1v) is 9.56. The largest absolute Gasteiger partial charge is 0.462 e. The Kier molecular flexibility index (Phi) is 7.00. The molecule has 0 unspecified atom stereocenters. The van der Waals surface area contributed by atoms with Gasteiger partial charge in [0.15, 0.2) is 0 Å². The standard InChI is InChI=1S/C24H24N2O3/c1-2-29-24(28)20-13-15-21(16-14-20)25-23(27)18-26(22-11-7-4-8-12-22)17-19-9-5-3-6-10-19/h3-16H,2,17-18H2,1H3,(H,25,27). The highest BCUT2D eigenvalue weighted by Gasteiger charge is 2.13. The molecule has 3 aromatic carbocycles. The van der Waals surface area contributed by atoms with Crippen LogP contribution in [0, 0.1) is 0 Å². The fraction of sp³-hybridized carbons (Fsp3) is 0.167. The van der Waals surface area contributed by atoms with E-state index >= 15 is 0 Å². The molecular formula is C24H24N2O3. The maximum Gasteiger partial charge on any atom is 0.338 e. The van der Waals surface area contributed by atoms with E-state index in [-0.39, 0.29) is 18.4 Å². The fourth-order valence-electron chi connectivity index (χ4n) is 2.96. The molecule has 0 fully saturated rings. The van der Waals surface area contributed by atoms with Crippen LogP contribution in [0.25, 0.3) is 0 Å². The highest BCUT2D eigenvalue weighted by Crippen LogP contribution is 2.17. The van der Waals surface area contributed by atoms with Crippen molar-refractivity contribution in [2.24, 2.45) is 0 Å². The predicted molar refractivity (Wildman–Crippen MR) is 115 cm³/mol. The lowest BCUT2D eigenvalue weighted by Crippen LogP contribution is -2.32. The van der Waals surface area contributed by atoms with Gasteiger partial charge in [0.05, 0.1) is 18.7 Å². The van der Waals surface area contributed by atoms with Gasteiger partial charge in [-0.3, -0.25) is 4.79 Å². The number of anilines is 2. The van der Waals surface area contributed by atoms with Gasteiger partial charge in [-0.25, -0.2) is 4.79 Å². The minimum atomic E-state index is -0.372. The number of para-hydroxylation sites is 1. The minimum absolute atomic E-state index is 0.131. The van der Waals surface area contributed by atoms with E-state index in [1.54, 1.807) is 31.2 Å². The number of rotatable bonds is 8. The van der Waals surface area contributed by atoms with E-state index < -0.39 is 0 Å². The summed E-state index contributed by atoms with van der Waals surface area (Å²) in [6, 6.07) is 26.6. The Labute approximate surface area is 170 Å². The number of amides is 1. The van der Waals surface area contributed by atoms with Crippen molar-refractivity contribution in [3.05, 3.63) is 96.1 Å². The first-order chi connectivity index (χ1) is 14.2. The van der Waals surface area contributed by atoms with Crippen molar-refractivity contribution in [1.29, 1.82) is 0 Å². The molecule has 0 saturated carbocycles. The monoisotopic (exact) mass is 388 g/mol. The molecule has 148 valence electrons. The van der Waals surface area contributed by atoms with Crippen LogP contribution in [0.4, 0.5) is 11.4 Å². The third kappa shape index (κ3) is 5.94. The van der Waals surface area contributed by atoms with Crippen LogP contribution in [0.3, 0.4) is 0 Å². The molecule has 0 saturated heterocycles. The number of hydrogen-bond donors (Lipinski definition) is 1. The summed E-state index contributed by atoms with van der Waals surface area (Å²) >= 11 is 0. The summed E-state index contributed by atoms with van der Waals surface area (Å²) in [4.78, 5) is 26.4. The van der Waals surface area contributed by atoms with Gasteiger partial charge in [-0.15, -0.1) is 0 Å². The molecule has 0 heterocycles. The molecule has 0 bridgehead atoms. The van der Waals surface area contributed by atoms with Gasteiger partial charge in [0.1, 0.15) is 0 Å².